The first-order chi connectivity index (χ1) is 11.0. The number of nitrogens with zero attached hydrogens (tertiary/aromatic N) is 1. The van der Waals surface area contributed by atoms with Crippen molar-refractivity contribution in [2.24, 2.45) is 0 Å². The molecule has 116 valence electrons. The van der Waals surface area contributed by atoms with E-state index in [0.29, 0.717) is 5.39 Å². The van der Waals surface area contributed by atoms with Crippen LogP contribution in [-0.2, 0) is 11.3 Å². The number of rotatable bonds is 3. The van der Waals surface area contributed by atoms with E-state index < -0.39 is 0 Å². The first-order valence-corrected chi connectivity index (χ1v) is 7.50. The van der Waals surface area contributed by atoms with E-state index in [2.05, 4.69) is 5.32 Å². The van der Waals surface area contributed by atoms with E-state index in [1.54, 1.807) is 16.8 Å². The molecule has 2 aromatic carbocycles. The predicted molar refractivity (Wildman–Crippen MR) is 92.8 cm³/mol. The van der Waals surface area contributed by atoms with Gasteiger partial charge in [-0.2, -0.15) is 0 Å². The maximum atomic E-state index is 12.3. The fraction of sp³-hybridized carbons (Fsp3) is 0.158. The summed E-state index contributed by atoms with van der Waals surface area (Å²) in [6.07, 6.45) is 1.66. The summed E-state index contributed by atoms with van der Waals surface area (Å²) in [6.45, 7) is 4.15. The third kappa shape index (κ3) is 3.16. The predicted octanol–water partition coefficient (Wildman–Crippen LogP) is 3.26. The highest BCUT2D eigenvalue weighted by Crippen LogP contribution is 2.16. The monoisotopic (exact) mass is 306 g/mol. The van der Waals surface area contributed by atoms with E-state index in [1.165, 1.54) is 6.07 Å². The van der Waals surface area contributed by atoms with Crippen LogP contribution in [0.1, 0.15) is 11.1 Å². The number of amides is 1. The van der Waals surface area contributed by atoms with Crippen molar-refractivity contribution in [1.29, 1.82) is 0 Å². The molecule has 0 spiro atoms. The molecule has 0 bridgehead atoms. The normalized spacial score (nSPS) is 10.7. The second-order valence-electron chi connectivity index (χ2n) is 5.69. The number of nitrogens with one attached hydrogen (secondary N) is 1. The van der Waals surface area contributed by atoms with E-state index >= 15 is 0 Å². The number of fused-ring (bicyclic) bond motifs is 1. The van der Waals surface area contributed by atoms with Crippen LogP contribution in [0.2, 0.25) is 0 Å². The van der Waals surface area contributed by atoms with E-state index in [1.807, 2.05) is 50.2 Å². The molecule has 3 rings (SSSR count). The average Bonchev–Trinajstić information content (AvgIpc) is 2.53. The van der Waals surface area contributed by atoms with Crippen LogP contribution in [0.25, 0.3) is 10.9 Å². The molecule has 4 nitrogen and oxygen atoms in total. The molecule has 0 saturated heterocycles. The zero-order chi connectivity index (χ0) is 16.4. The lowest BCUT2D eigenvalue weighted by molar-refractivity contribution is -0.116. The number of aromatic nitrogens is 1. The van der Waals surface area contributed by atoms with Gasteiger partial charge in [0.15, 0.2) is 5.43 Å². The van der Waals surface area contributed by atoms with Gasteiger partial charge in [-0.1, -0.05) is 29.8 Å². The summed E-state index contributed by atoms with van der Waals surface area (Å²) in [5.41, 5.74) is 3.73. The highest BCUT2D eigenvalue weighted by Gasteiger charge is 2.08. The molecule has 0 radical (unpaired) electrons. The van der Waals surface area contributed by atoms with Crippen molar-refractivity contribution in [3.05, 3.63) is 76.1 Å². The fourth-order valence-electron chi connectivity index (χ4n) is 2.70. The molecule has 0 atom stereocenters. The molecule has 3 aromatic rings. The third-order valence-electron chi connectivity index (χ3n) is 3.85. The quantitative estimate of drug-likeness (QED) is 0.807. The van der Waals surface area contributed by atoms with E-state index in [-0.39, 0.29) is 17.9 Å². The maximum absolute atomic E-state index is 12.3. The molecule has 0 aliphatic heterocycles. The van der Waals surface area contributed by atoms with Gasteiger partial charge in [0.25, 0.3) is 0 Å². The first-order valence-electron chi connectivity index (χ1n) is 7.50. The summed E-state index contributed by atoms with van der Waals surface area (Å²) in [7, 11) is 0. The third-order valence-corrected chi connectivity index (χ3v) is 3.85. The van der Waals surface area contributed by atoms with Crippen molar-refractivity contribution in [2.75, 3.05) is 5.32 Å². The van der Waals surface area contributed by atoms with E-state index in [9.17, 15) is 9.59 Å². The number of para-hydroxylation sites is 1. The lowest BCUT2D eigenvalue weighted by Crippen LogP contribution is -2.20. The van der Waals surface area contributed by atoms with Gasteiger partial charge in [0.1, 0.15) is 6.54 Å². The van der Waals surface area contributed by atoms with Gasteiger partial charge in [0, 0.05) is 23.3 Å². The topological polar surface area (TPSA) is 51.1 Å². The summed E-state index contributed by atoms with van der Waals surface area (Å²) in [5, 5.41) is 3.55. The standard InChI is InChI=1S/C19H18N2O2/c1-13-7-8-16(14(2)11-13)20-19(23)12-21-10-9-18(22)15-5-3-4-6-17(15)21/h3-11H,12H2,1-2H3,(H,20,23). The lowest BCUT2D eigenvalue weighted by Gasteiger charge is -2.12. The van der Waals surface area contributed by atoms with Gasteiger partial charge >= 0.3 is 0 Å². The number of anilines is 1. The number of pyridine rings is 1. The smallest absolute Gasteiger partial charge is 0.244 e. The van der Waals surface area contributed by atoms with Crippen LogP contribution >= 0.6 is 0 Å². The van der Waals surface area contributed by atoms with Gasteiger partial charge in [-0.05, 0) is 37.6 Å². The summed E-state index contributed by atoms with van der Waals surface area (Å²) >= 11 is 0. The fourth-order valence-corrected chi connectivity index (χ4v) is 2.70. The van der Waals surface area contributed by atoms with Crippen LogP contribution in [0.15, 0.2) is 59.5 Å². The molecule has 0 fully saturated rings. The van der Waals surface area contributed by atoms with Gasteiger partial charge < -0.3 is 9.88 Å². The van der Waals surface area contributed by atoms with Crippen LogP contribution in [0.5, 0.6) is 0 Å². The van der Waals surface area contributed by atoms with Gasteiger partial charge in [0.05, 0.1) is 5.52 Å². The number of carbonyl (C=O) groups excluding carboxylic acids is 1. The Hall–Kier alpha value is -2.88. The molecule has 1 heterocycles. The first kappa shape index (κ1) is 15.0. The SMILES string of the molecule is Cc1ccc(NC(=O)Cn2ccc(=O)c3ccccc32)c(C)c1. The Bertz CT molecular complexity index is 941. The van der Waals surface area contributed by atoms with Gasteiger partial charge in [-0.25, -0.2) is 0 Å². The maximum Gasteiger partial charge on any atom is 0.244 e. The minimum atomic E-state index is -0.120. The zero-order valence-electron chi connectivity index (χ0n) is 13.2. The number of benzene rings is 2. The van der Waals surface area contributed by atoms with Crippen molar-refractivity contribution in [1.82, 2.24) is 4.57 Å². The number of carbonyl (C=O) groups is 1. The van der Waals surface area contributed by atoms with E-state index in [4.69, 9.17) is 0 Å². The number of hydrogen-bond acceptors (Lipinski definition) is 2. The highest BCUT2D eigenvalue weighted by molar-refractivity contribution is 5.92. The van der Waals surface area contributed by atoms with Crippen molar-refractivity contribution < 1.29 is 4.79 Å². The molecule has 0 aliphatic carbocycles. The number of hydrogen-bond donors (Lipinski definition) is 1. The van der Waals surface area contributed by atoms with Crippen LogP contribution in [0.3, 0.4) is 0 Å². The van der Waals surface area contributed by atoms with Crippen LogP contribution in [0.4, 0.5) is 5.69 Å². The van der Waals surface area contributed by atoms with Crippen LogP contribution < -0.4 is 10.7 Å². The molecule has 1 N–H and O–H groups in total. The van der Waals surface area contributed by atoms with Crippen molar-refractivity contribution >= 4 is 22.5 Å². The summed E-state index contributed by atoms with van der Waals surface area (Å²) in [6, 6.07) is 14.7. The molecule has 1 amide bonds. The molecular formula is C19H18N2O2. The molecule has 23 heavy (non-hydrogen) atoms. The average molecular weight is 306 g/mol. The largest absolute Gasteiger partial charge is 0.338 e. The molecule has 4 heteroatoms. The molecule has 0 aliphatic rings. The summed E-state index contributed by atoms with van der Waals surface area (Å²) in [5.74, 6) is -0.120. The Morgan fingerprint density at radius 2 is 1.87 bits per heavy atom. The van der Waals surface area contributed by atoms with Gasteiger partial charge in [-0.3, -0.25) is 9.59 Å². The minimum Gasteiger partial charge on any atom is -0.338 e. The van der Waals surface area contributed by atoms with Crippen molar-refractivity contribution in [3.8, 4) is 0 Å². The zero-order valence-corrected chi connectivity index (χ0v) is 13.2. The Morgan fingerprint density at radius 3 is 2.65 bits per heavy atom. The summed E-state index contributed by atoms with van der Waals surface area (Å²) in [4.78, 5) is 24.2. The van der Waals surface area contributed by atoms with E-state index in [0.717, 1.165) is 22.3 Å². The number of aryl methyl sites for hydroxylation is 2. The molecule has 0 saturated carbocycles. The molecular weight excluding hydrogens is 288 g/mol. The highest BCUT2D eigenvalue weighted by atomic mass is 16.2. The van der Waals surface area contributed by atoms with Crippen molar-refractivity contribution in [3.63, 3.8) is 0 Å². The Morgan fingerprint density at radius 1 is 1.09 bits per heavy atom. The molecule has 1 aromatic heterocycles. The second-order valence-corrected chi connectivity index (χ2v) is 5.69. The lowest BCUT2D eigenvalue weighted by atomic mass is 10.1. The molecule has 0 unspecified atom stereocenters. The van der Waals surface area contributed by atoms with Gasteiger partial charge in [0.2, 0.25) is 5.91 Å². The minimum absolute atomic E-state index is 0.0355. The summed E-state index contributed by atoms with van der Waals surface area (Å²) < 4.78 is 1.79. The Kier molecular flexibility index (Phi) is 3.98. The van der Waals surface area contributed by atoms with Gasteiger partial charge in [-0.15, -0.1) is 0 Å². The Labute approximate surface area is 134 Å². The second kappa shape index (κ2) is 6.08. The van der Waals surface area contributed by atoms with Crippen LogP contribution in [0, 0.1) is 13.8 Å². The Balaban J connectivity index is 1.86. The van der Waals surface area contributed by atoms with Crippen LogP contribution in [-0.4, -0.2) is 10.5 Å². The van der Waals surface area contributed by atoms with Crippen molar-refractivity contribution in [2.45, 2.75) is 20.4 Å².